The topological polar surface area (TPSA) is 41.1 Å². The molecule has 1 N–H and O–H groups in total. The van der Waals surface area contributed by atoms with Crippen LogP contribution in [0.25, 0.3) is 0 Å². The lowest BCUT2D eigenvalue weighted by Gasteiger charge is -2.22. The summed E-state index contributed by atoms with van der Waals surface area (Å²) in [7, 11) is 4.10. The lowest BCUT2D eigenvalue weighted by Crippen LogP contribution is -2.31. The van der Waals surface area contributed by atoms with E-state index in [0.29, 0.717) is 6.04 Å². The van der Waals surface area contributed by atoms with Gasteiger partial charge in [-0.2, -0.15) is 11.8 Å². The minimum Gasteiger partial charge on any atom is -0.377 e. The number of aromatic nitrogens is 2. The van der Waals surface area contributed by atoms with Gasteiger partial charge in [-0.05, 0) is 19.2 Å². The molecule has 1 unspecified atom stereocenters. The number of thioether (sulfide) groups is 1. The molecule has 2 heterocycles. The SMILES string of the molecule is CNc1snnc1CN(C)C1CCSC1. The van der Waals surface area contributed by atoms with Gasteiger partial charge in [0.2, 0.25) is 0 Å². The number of nitrogens with one attached hydrogen (secondary N) is 1. The van der Waals surface area contributed by atoms with Crippen LogP contribution in [0.15, 0.2) is 0 Å². The van der Waals surface area contributed by atoms with E-state index in [1.807, 2.05) is 18.8 Å². The number of hydrogen-bond acceptors (Lipinski definition) is 6. The highest BCUT2D eigenvalue weighted by Gasteiger charge is 2.21. The van der Waals surface area contributed by atoms with E-state index in [1.165, 1.54) is 29.5 Å². The molecule has 1 fully saturated rings. The first kappa shape index (κ1) is 11.2. The van der Waals surface area contributed by atoms with E-state index in [4.69, 9.17) is 0 Å². The first-order valence-electron chi connectivity index (χ1n) is 5.08. The molecule has 0 radical (unpaired) electrons. The van der Waals surface area contributed by atoms with Crippen molar-refractivity contribution in [2.24, 2.45) is 0 Å². The van der Waals surface area contributed by atoms with Gasteiger partial charge >= 0.3 is 0 Å². The molecule has 0 amide bonds. The van der Waals surface area contributed by atoms with Crippen molar-refractivity contribution in [3.8, 4) is 0 Å². The Morgan fingerprint density at radius 1 is 1.60 bits per heavy atom. The van der Waals surface area contributed by atoms with Crippen molar-refractivity contribution < 1.29 is 0 Å². The summed E-state index contributed by atoms with van der Waals surface area (Å²) >= 11 is 3.47. The molecule has 0 bridgehead atoms. The van der Waals surface area contributed by atoms with Gasteiger partial charge in [0.25, 0.3) is 0 Å². The van der Waals surface area contributed by atoms with Gasteiger partial charge in [-0.1, -0.05) is 4.49 Å². The Balaban J connectivity index is 1.95. The fourth-order valence-corrected chi connectivity index (χ4v) is 3.56. The fraction of sp³-hybridized carbons (Fsp3) is 0.778. The van der Waals surface area contributed by atoms with E-state index in [2.05, 4.69) is 26.9 Å². The van der Waals surface area contributed by atoms with Crippen LogP contribution in [0.2, 0.25) is 0 Å². The maximum atomic E-state index is 4.16. The lowest BCUT2D eigenvalue weighted by atomic mass is 10.2. The van der Waals surface area contributed by atoms with Crippen molar-refractivity contribution in [1.82, 2.24) is 14.5 Å². The predicted molar refractivity (Wildman–Crippen MR) is 66.7 cm³/mol. The quantitative estimate of drug-likeness (QED) is 0.869. The van der Waals surface area contributed by atoms with Crippen LogP contribution in [0.1, 0.15) is 12.1 Å². The average molecular weight is 244 g/mol. The first-order valence-corrected chi connectivity index (χ1v) is 7.01. The molecule has 0 saturated carbocycles. The van der Waals surface area contributed by atoms with Crippen molar-refractivity contribution in [1.29, 1.82) is 0 Å². The Hall–Kier alpha value is -0.330. The highest BCUT2D eigenvalue weighted by Crippen LogP contribution is 2.24. The molecular formula is C9H16N4S2. The fourth-order valence-electron chi connectivity index (χ4n) is 1.74. The largest absolute Gasteiger partial charge is 0.377 e. The number of rotatable bonds is 4. The zero-order chi connectivity index (χ0) is 10.7. The highest BCUT2D eigenvalue weighted by molar-refractivity contribution is 7.99. The molecule has 1 aliphatic heterocycles. The number of anilines is 1. The van der Waals surface area contributed by atoms with Gasteiger partial charge in [-0.3, -0.25) is 4.90 Å². The van der Waals surface area contributed by atoms with Gasteiger partial charge < -0.3 is 5.32 Å². The van der Waals surface area contributed by atoms with Gasteiger partial charge in [0.1, 0.15) is 10.7 Å². The molecule has 1 aromatic heterocycles. The van der Waals surface area contributed by atoms with E-state index in [0.717, 1.165) is 17.2 Å². The maximum Gasteiger partial charge on any atom is 0.134 e. The van der Waals surface area contributed by atoms with Crippen molar-refractivity contribution in [3.63, 3.8) is 0 Å². The Labute approximate surface area is 98.6 Å². The van der Waals surface area contributed by atoms with Gasteiger partial charge in [0.15, 0.2) is 0 Å². The van der Waals surface area contributed by atoms with Gasteiger partial charge in [0, 0.05) is 36.9 Å². The Morgan fingerprint density at radius 3 is 3.13 bits per heavy atom. The minimum atomic E-state index is 0.710. The summed E-state index contributed by atoms with van der Waals surface area (Å²) in [5, 5.41) is 8.38. The molecule has 2 rings (SSSR count). The molecule has 1 atom stereocenters. The van der Waals surface area contributed by atoms with E-state index in [-0.39, 0.29) is 0 Å². The van der Waals surface area contributed by atoms with Crippen LogP contribution < -0.4 is 5.32 Å². The average Bonchev–Trinajstić information content (AvgIpc) is 2.87. The van der Waals surface area contributed by atoms with Gasteiger partial charge in [0.05, 0.1) is 0 Å². The zero-order valence-corrected chi connectivity index (χ0v) is 10.7. The third-order valence-corrected chi connectivity index (χ3v) is 4.64. The van der Waals surface area contributed by atoms with E-state index < -0.39 is 0 Å². The summed E-state index contributed by atoms with van der Waals surface area (Å²) in [6, 6.07) is 0.710. The van der Waals surface area contributed by atoms with Crippen molar-refractivity contribution in [2.75, 3.05) is 30.9 Å². The summed E-state index contributed by atoms with van der Waals surface area (Å²) in [4.78, 5) is 2.39. The van der Waals surface area contributed by atoms with Gasteiger partial charge in [-0.15, -0.1) is 5.10 Å². The summed E-state index contributed by atoms with van der Waals surface area (Å²) in [5.74, 6) is 2.55. The van der Waals surface area contributed by atoms with Crippen LogP contribution in [0.4, 0.5) is 5.00 Å². The Bertz CT molecular complexity index is 309. The molecule has 84 valence electrons. The molecule has 0 aliphatic carbocycles. The van der Waals surface area contributed by atoms with E-state index in [1.54, 1.807) is 0 Å². The van der Waals surface area contributed by atoms with Crippen molar-refractivity contribution >= 4 is 28.3 Å². The second-order valence-corrected chi connectivity index (χ2v) is 5.64. The Kier molecular flexibility index (Phi) is 3.82. The van der Waals surface area contributed by atoms with Crippen molar-refractivity contribution in [3.05, 3.63) is 5.69 Å². The summed E-state index contributed by atoms with van der Waals surface area (Å²) < 4.78 is 3.97. The first-order chi connectivity index (χ1) is 7.31. The van der Waals surface area contributed by atoms with Crippen LogP contribution >= 0.6 is 23.3 Å². The zero-order valence-electron chi connectivity index (χ0n) is 9.06. The molecule has 0 aromatic carbocycles. The summed E-state index contributed by atoms with van der Waals surface area (Å²) in [6.07, 6.45) is 1.30. The predicted octanol–water partition coefficient (Wildman–Crippen LogP) is 1.52. The second-order valence-electron chi connectivity index (χ2n) is 3.73. The van der Waals surface area contributed by atoms with Crippen molar-refractivity contribution in [2.45, 2.75) is 19.0 Å². The van der Waals surface area contributed by atoms with Gasteiger partial charge in [-0.25, -0.2) is 0 Å². The summed E-state index contributed by atoms with van der Waals surface area (Å²) in [5.41, 5.74) is 1.07. The molecular weight excluding hydrogens is 228 g/mol. The molecule has 1 aliphatic rings. The Morgan fingerprint density at radius 2 is 2.47 bits per heavy atom. The van der Waals surface area contributed by atoms with Crippen LogP contribution in [0.5, 0.6) is 0 Å². The summed E-state index contributed by atoms with van der Waals surface area (Å²) in [6.45, 7) is 0.901. The lowest BCUT2D eigenvalue weighted by molar-refractivity contribution is 0.252. The second kappa shape index (κ2) is 5.14. The minimum absolute atomic E-state index is 0.710. The number of hydrogen-bond donors (Lipinski definition) is 1. The van der Waals surface area contributed by atoms with Crippen LogP contribution in [0.3, 0.4) is 0 Å². The van der Waals surface area contributed by atoms with E-state index >= 15 is 0 Å². The standard InChI is InChI=1S/C9H16N4S2/c1-10-9-8(11-12-15-9)5-13(2)7-3-4-14-6-7/h7,10H,3-6H2,1-2H3. The highest BCUT2D eigenvalue weighted by atomic mass is 32.2. The molecule has 1 saturated heterocycles. The monoisotopic (exact) mass is 244 g/mol. The third kappa shape index (κ3) is 2.62. The van der Waals surface area contributed by atoms with E-state index in [9.17, 15) is 0 Å². The third-order valence-electron chi connectivity index (χ3n) is 2.71. The molecule has 6 heteroatoms. The van der Waals surface area contributed by atoms with Crippen LogP contribution in [-0.2, 0) is 6.54 Å². The normalized spacial score (nSPS) is 21.1. The smallest absolute Gasteiger partial charge is 0.134 e. The maximum absolute atomic E-state index is 4.16. The number of nitrogens with zero attached hydrogens (tertiary/aromatic N) is 3. The van der Waals surface area contributed by atoms with Crippen LogP contribution in [0, 0.1) is 0 Å². The molecule has 4 nitrogen and oxygen atoms in total. The van der Waals surface area contributed by atoms with Crippen LogP contribution in [-0.4, -0.2) is 46.1 Å². The molecule has 0 spiro atoms. The molecule has 1 aromatic rings. The molecule has 15 heavy (non-hydrogen) atoms.